The van der Waals surface area contributed by atoms with Crippen molar-refractivity contribution in [3.8, 4) is 0 Å². The maximum atomic E-state index is 12.8. The Morgan fingerprint density at radius 1 is 1.46 bits per heavy atom. The second kappa shape index (κ2) is 4.35. The molecule has 13 heavy (non-hydrogen) atoms. The van der Waals surface area contributed by atoms with Crippen molar-refractivity contribution in [2.24, 2.45) is 5.73 Å². The molecule has 0 amide bonds. The number of hydrogen-bond donors (Lipinski definition) is 1. The van der Waals surface area contributed by atoms with Crippen LogP contribution < -0.4 is 5.73 Å². The van der Waals surface area contributed by atoms with Crippen molar-refractivity contribution in [2.45, 2.75) is 19.1 Å². The molecule has 0 aliphatic carbocycles. The van der Waals surface area contributed by atoms with E-state index in [1.807, 2.05) is 6.92 Å². The van der Waals surface area contributed by atoms with Gasteiger partial charge in [0.2, 0.25) is 0 Å². The second-order valence-corrected chi connectivity index (χ2v) is 3.02. The highest BCUT2D eigenvalue weighted by Crippen LogP contribution is 2.16. The van der Waals surface area contributed by atoms with Crippen molar-refractivity contribution in [3.05, 3.63) is 35.6 Å². The van der Waals surface area contributed by atoms with E-state index in [9.17, 15) is 4.39 Å². The van der Waals surface area contributed by atoms with E-state index in [1.165, 1.54) is 12.1 Å². The number of halogens is 1. The minimum atomic E-state index is -0.277. The molecule has 72 valence electrons. The van der Waals surface area contributed by atoms with Gasteiger partial charge in [-0.3, -0.25) is 0 Å². The Morgan fingerprint density at radius 3 is 2.69 bits per heavy atom. The molecule has 0 radical (unpaired) electrons. The molecule has 0 aliphatic rings. The summed E-state index contributed by atoms with van der Waals surface area (Å²) in [4.78, 5) is 0. The molecule has 0 spiro atoms. The predicted octanol–water partition coefficient (Wildman–Crippen LogP) is 1.86. The number of nitrogens with two attached hydrogens (primary N) is 1. The van der Waals surface area contributed by atoms with Gasteiger partial charge in [0.05, 0.1) is 12.1 Å². The van der Waals surface area contributed by atoms with E-state index in [0.29, 0.717) is 0 Å². The smallest absolute Gasteiger partial charge is 0.123 e. The van der Waals surface area contributed by atoms with E-state index in [0.717, 1.165) is 5.56 Å². The molecule has 0 fully saturated rings. The fourth-order valence-corrected chi connectivity index (χ4v) is 1.13. The first-order valence-electron chi connectivity index (χ1n) is 4.19. The lowest BCUT2D eigenvalue weighted by atomic mass is 10.0. The molecule has 0 saturated heterocycles. The fraction of sp³-hybridized carbons (Fsp3) is 0.400. The van der Waals surface area contributed by atoms with Gasteiger partial charge in [0.15, 0.2) is 0 Å². The maximum Gasteiger partial charge on any atom is 0.123 e. The minimum Gasteiger partial charge on any atom is -0.380 e. The van der Waals surface area contributed by atoms with Gasteiger partial charge in [-0.05, 0) is 24.6 Å². The topological polar surface area (TPSA) is 35.2 Å². The van der Waals surface area contributed by atoms with Gasteiger partial charge in [0.25, 0.3) is 0 Å². The fourth-order valence-electron chi connectivity index (χ4n) is 1.13. The van der Waals surface area contributed by atoms with Gasteiger partial charge in [0.1, 0.15) is 5.82 Å². The van der Waals surface area contributed by atoms with Crippen LogP contribution >= 0.6 is 0 Å². The van der Waals surface area contributed by atoms with Crippen LogP contribution in [-0.2, 0) is 4.74 Å². The van der Waals surface area contributed by atoms with E-state index in [1.54, 1.807) is 19.2 Å². The first-order valence-corrected chi connectivity index (χ1v) is 4.19. The molecular formula is C10H14FNO. The van der Waals surface area contributed by atoms with Gasteiger partial charge in [-0.1, -0.05) is 12.1 Å². The largest absolute Gasteiger partial charge is 0.380 e. The second-order valence-electron chi connectivity index (χ2n) is 3.02. The molecule has 0 aliphatic heterocycles. The molecular weight excluding hydrogens is 169 g/mol. The summed E-state index contributed by atoms with van der Waals surface area (Å²) in [7, 11) is 1.59. The third kappa shape index (κ3) is 2.50. The molecule has 1 aromatic rings. The average molecular weight is 183 g/mol. The van der Waals surface area contributed by atoms with Crippen LogP contribution in [0.1, 0.15) is 18.5 Å². The Kier molecular flexibility index (Phi) is 3.39. The molecule has 2 N–H and O–H groups in total. The SMILES string of the molecule is COC(C)C(N)c1cccc(F)c1. The first-order chi connectivity index (χ1) is 6.15. The van der Waals surface area contributed by atoms with Crippen LogP contribution in [-0.4, -0.2) is 13.2 Å². The van der Waals surface area contributed by atoms with Crippen molar-refractivity contribution in [1.29, 1.82) is 0 Å². The Bertz CT molecular complexity index is 277. The summed E-state index contributed by atoms with van der Waals surface area (Å²) in [6, 6.07) is 5.99. The molecule has 1 rings (SSSR count). The molecule has 2 nitrogen and oxygen atoms in total. The van der Waals surface area contributed by atoms with Crippen molar-refractivity contribution in [2.75, 3.05) is 7.11 Å². The van der Waals surface area contributed by atoms with Crippen LogP contribution in [0.15, 0.2) is 24.3 Å². The summed E-state index contributed by atoms with van der Waals surface area (Å²) in [6.45, 7) is 1.86. The first kappa shape index (κ1) is 10.2. The molecule has 2 unspecified atom stereocenters. The molecule has 0 saturated carbocycles. The van der Waals surface area contributed by atoms with Crippen molar-refractivity contribution >= 4 is 0 Å². The lowest BCUT2D eigenvalue weighted by molar-refractivity contribution is 0.0956. The van der Waals surface area contributed by atoms with Crippen LogP contribution in [0.4, 0.5) is 4.39 Å². The molecule has 0 bridgehead atoms. The third-order valence-corrected chi connectivity index (χ3v) is 2.11. The lowest BCUT2D eigenvalue weighted by Gasteiger charge is -2.18. The molecule has 0 aromatic heterocycles. The summed E-state index contributed by atoms with van der Waals surface area (Å²) in [5.41, 5.74) is 6.58. The summed E-state index contributed by atoms with van der Waals surface area (Å²) >= 11 is 0. The molecule has 0 heterocycles. The zero-order chi connectivity index (χ0) is 9.84. The Balaban J connectivity index is 2.82. The van der Waals surface area contributed by atoms with Gasteiger partial charge in [-0.2, -0.15) is 0 Å². The van der Waals surface area contributed by atoms with Crippen molar-refractivity contribution in [1.82, 2.24) is 0 Å². The highest BCUT2D eigenvalue weighted by molar-refractivity contribution is 5.20. The van der Waals surface area contributed by atoms with Crippen LogP contribution in [0.25, 0.3) is 0 Å². The van der Waals surface area contributed by atoms with E-state index in [4.69, 9.17) is 10.5 Å². The number of methoxy groups -OCH3 is 1. The molecule has 2 atom stereocenters. The Labute approximate surface area is 77.5 Å². The van der Waals surface area contributed by atoms with E-state index < -0.39 is 0 Å². The van der Waals surface area contributed by atoms with Crippen LogP contribution in [0.2, 0.25) is 0 Å². The molecule has 3 heteroatoms. The summed E-state index contributed by atoms with van der Waals surface area (Å²) in [6.07, 6.45) is -0.109. The number of benzene rings is 1. The third-order valence-electron chi connectivity index (χ3n) is 2.11. The summed E-state index contributed by atoms with van der Waals surface area (Å²) < 4.78 is 17.9. The normalized spacial score (nSPS) is 15.4. The highest BCUT2D eigenvalue weighted by atomic mass is 19.1. The van der Waals surface area contributed by atoms with E-state index >= 15 is 0 Å². The van der Waals surface area contributed by atoms with Gasteiger partial charge in [0, 0.05) is 7.11 Å². The van der Waals surface area contributed by atoms with E-state index in [2.05, 4.69) is 0 Å². The number of hydrogen-bond acceptors (Lipinski definition) is 2. The standard InChI is InChI=1S/C10H14FNO/c1-7(13-2)10(12)8-4-3-5-9(11)6-8/h3-7,10H,12H2,1-2H3. The Hall–Kier alpha value is -0.930. The molecule has 1 aromatic carbocycles. The maximum absolute atomic E-state index is 12.8. The summed E-state index contributed by atoms with van der Waals surface area (Å²) in [5, 5.41) is 0. The monoisotopic (exact) mass is 183 g/mol. The highest BCUT2D eigenvalue weighted by Gasteiger charge is 2.13. The van der Waals surface area contributed by atoms with Crippen molar-refractivity contribution < 1.29 is 9.13 Å². The van der Waals surface area contributed by atoms with Crippen LogP contribution in [0.3, 0.4) is 0 Å². The van der Waals surface area contributed by atoms with E-state index in [-0.39, 0.29) is 18.0 Å². The Morgan fingerprint density at radius 2 is 2.15 bits per heavy atom. The number of ether oxygens (including phenoxy) is 1. The van der Waals surface area contributed by atoms with Gasteiger partial charge >= 0.3 is 0 Å². The predicted molar refractivity (Wildman–Crippen MR) is 49.8 cm³/mol. The van der Waals surface area contributed by atoms with Gasteiger partial charge in [-0.15, -0.1) is 0 Å². The van der Waals surface area contributed by atoms with Crippen LogP contribution in [0.5, 0.6) is 0 Å². The van der Waals surface area contributed by atoms with Gasteiger partial charge in [-0.25, -0.2) is 4.39 Å². The summed E-state index contributed by atoms with van der Waals surface area (Å²) in [5.74, 6) is -0.267. The minimum absolute atomic E-state index is 0.109. The lowest BCUT2D eigenvalue weighted by Crippen LogP contribution is -2.25. The zero-order valence-corrected chi connectivity index (χ0v) is 7.83. The van der Waals surface area contributed by atoms with Crippen LogP contribution in [0, 0.1) is 5.82 Å². The van der Waals surface area contributed by atoms with Gasteiger partial charge < -0.3 is 10.5 Å². The zero-order valence-electron chi connectivity index (χ0n) is 7.83. The number of rotatable bonds is 3. The average Bonchev–Trinajstić information content (AvgIpc) is 2.15. The quantitative estimate of drug-likeness (QED) is 0.776. The van der Waals surface area contributed by atoms with Crippen molar-refractivity contribution in [3.63, 3.8) is 0 Å².